The van der Waals surface area contributed by atoms with Crippen molar-refractivity contribution in [2.75, 3.05) is 0 Å². The Morgan fingerprint density at radius 2 is 1.62 bits per heavy atom. The molecule has 106 valence electrons. The van der Waals surface area contributed by atoms with Crippen LogP contribution in [0.2, 0.25) is 0 Å². The zero-order chi connectivity index (χ0) is 15.4. The SMILES string of the molecule is CC(=O)c1cccc(-c2ccc(/C=C(\C)C(=O)O)cc2)c1. The second-order valence-electron chi connectivity index (χ2n) is 4.89. The quantitative estimate of drug-likeness (QED) is 0.679. The lowest BCUT2D eigenvalue weighted by Crippen LogP contribution is -1.95. The summed E-state index contributed by atoms with van der Waals surface area (Å²) >= 11 is 0. The first-order chi connectivity index (χ1) is 9.97. The van der Waals surface area contributed by atoms with Crippen molar-refractivity contribution in [2.45, 2.75) is 13.8 Å². The summed E-state index contributed by atoms with van der Waals surface area (Å²) in [6, 6.07) is 15.0. The van der Waals surface area contributed by atoms with Crippen molar-refractivity contribution in [2.24, 2.45) is 0 Å². The maximum Gasteiger partial charge on any atom is 0.331 e. The molecule has 3 heteroatoms. The topological polar surface area (TPSA) is 54.4 Å². The number of carbonyl (C=O) groups is 2. The van der Waals surface area contributed by atoms with Crippen molar-refractivity contribution >= 4 is 17.8 Å². The molecule has 2 aromatic rings. The van der Waals surface area contributed by atoms with E-state index in [1.165, 1.54) is 0 Å². The molecule has 0 fully saturated rings. The molecule has 2 rings (SSSR count). The molecule has 0 radical (unpaired) electrons. The smallest absolute Gasteiger partial charge is 0.331 e. The number of carbonyl (C=O) groups excluding carboxylic acids is 1. The number of benzene rings is 2. The number of ketones is 1. The van der Waals surface area contributed by atoms with Crippen molar-refractivity contribution < 1.29 is 14.7 Å². The normalized spacial score (nSPS) is 11.2. The van der Waals surface area contributed by atoms with Crippen LogP contribution >= 0.6 is 0 Å². The van der Waals surface area contributed by atoms with Gasteiger partial charge in [0.2, 0.25) is 0 Å². The number of carboxylic acid groups (broad SMARTS) is 1. The molecule has 0 unspecified atom stereocenters. The zero-order valence-electron chi connectivity index (χ0n) is 12.0. The van der Waals surface area contributed by atoms with E-state index < -0.39 is 5.97 Å². The Bertz CT molecular complexity index is 709. The van der Waals surface area contributed by atoms with Gasteiger partial charge in [0.1, 0.15) is 0 Å². The van der Waals surface area contributed by atoms with Gasteiger partial charge in [0, 0.05) is 11.1 Å². The van der Waals surface area contributed by atoms with Gasteiger partial charge in [-0.1, -0.05) is 42.5 Å². The predicted molar refractivity (Wildman–Crippen MR) is 83.2 cm³/mol. The largest absolute Gasteiger partial charge is 0.478 e. The van der Waals surface area contributed by atoms with Crippen LogP contribution in [0.4, 0.5) is 0 Å². The summed E-state index contributed by atoms with van der Waals surface area (Å²) in [6.45, 7) is 3.11. The molecular formula is C18H16O3. The standard InChI is InChI=1S/C18H16O3/c1-12(18(20)21)10-14-6-8-15(9-7-14)17-5-3-4-16(11-17)13(2)19/h3-11H,1-2H3,(H,20,21)/b12-10+. The van der Waals surface area contributed by atoms with E-state index in [1.54, 1.807) is 26.0 Å². The highest BCUT2D eigenvalue weighted by Crippen LogP contribution is 2.22. The molecule has 0 spiro atoms. The Balaban J connectivity index is 2.31. The Morgan fingerprint density at radius 1 is 0.952 bits per heavy atom. The Labute approximate surface area is 123 Å². The average Bonchev–Trinajstić information content (AvgIpc) is 2.48. The zero-order valence-corrected chi connectivity index (χ0v) is 12.0. The molecule has 0 aliphatic rings. The minimum Gasteiger partial charge on any atom is -0.478 e. The molecule has 0 aromatic heterocycles. The Hall–Kier alpha value is -2.68. The highest BCUT2D eigenvalue weighted by molar-refractivity contribution is 5.95. The van der Waals surface area contributed by atoms with E-state index in [2.05, 4.69) is 0 Å². The van der Waals surface area contributed by atoms with Crippen LogP contribution in [0.15, 0.2) is 54.1 Å². The minimum atomic E-state index is -0.923. The summed E-state index contributed by atoms with van der Waals surface area (Å²) in [5, 5.41) is 8.86. The van der Waals surface area contributed by atoms with Gasteiger partial charge in [0.15, 0.2) is 5.78 Å². The highest BCUT2D eigenvalue weighted by atomic mass is 16.4. The van der Waals surface area contributed by atoms with Gasteiger partial charge >= 0.3 is 5.97 Å². The molecule has 0 saturated heterocycles. The minimum absolute atomic E-state index is 0.0356. The summed E-state index contributed by atoms with van der Waals surface area (Å²) < 4.78 is 0. The first-order valence-corrected chi connectivity index (χ1v) is 6.60. The molecule has 0 aliphatic carbocycles. The van der Waals surface area contributed by atoms with Crippen LogP contribution in [-0.4, -0.2) is 16.9 Å². The van der Waals surface area contributed by atoms with Gasteiger partial charge in [-0.3, -0.25) is 4.79 Å². The van der Waals surface area contributed by atoms with E-state index in [-0.39, 0.29) is 5.78 Å². The third-order valence-electron chi connectivity index (χ3n) is 3.23. The van der Waals surface area contributed by atoms with Crippen molar-refractivity contribution in [3.8, 4) is 11.1 Å². The maximum atomic E-state index is 11.4. The van der Waals surface area contributed by atoms with Crippen molar-refractivity contribution in [3.63, 3.8) is 0 Å². The molecule has 21 heavy (non-hydrogen) atoms. The number of carboxylic acids is 1. The fraction of sp³-hybridized carbons (Fsp3) is 0.111. The summed E-state index contributed by atoms with van der Waals surface area (Å²) in [5.74, 6) is -0.887. The third kappa shape index (κ3) is 3.66. The van der Waals surface area contributed by atoms with Gasteiger partial charge in [0.25, 0.3) is 0 Å². The van der Waals surface area contributed by atoms with Crippen LogP contribution < -0.4 is 0 Å². The van der Waals surface area contributed by atoms with E-state index >= 15 is 0 Å². The number of hydrogen-bond acceptors (Lipinski definition) is 2. The summed E-state index contributed by atoms with van der Waals surface area (Å²) in [6.07, 6.45) is 1.62. The van der Waals surface area contributed by atoms with E-state index in [0.29, 0.717) is 11.1 Å². The molecule has 0 heterocycles. The fourth-order valence-electron chi connectivity index (χ4n) is 2.00. The molecule has 0 saturated carbocycles. The van der Waals surface area contributed by atoms with E-state index in [4.69, 9.17) is 5.11 Å². The maximum absolute atomic E-state index is 11.4. The first kappa shape index (κ1) is 14.7. The van der Waals surface area contributed by atoms with Gasteiger partial charge in [-0.25, -0.2) is 4.79 Å². The third-order valence-corrected chi connectivity index (χ3v) is 3.23. The second kappa shape index (κ2) is 6.18. The fourth-order valence-corrected chi connectivity index (χ4v) is 2.00. The van der Waals surface area contributed by atoms with E-state index in [1.807, 2.05) is 42.5 Å². The van der Waals surface area contributed by atoms with Crippen LogP contribution in [0.25, 0.3) is 17.2 Å². The van der Waals surface area contributed by atoms with Crippen molar-refractivity contribution in [1.82, 2.24) is 0 Å². The highest BCUT2D eigenvalue weighted by Gasteiger charge is 2.03. The molecular weight excluding hydrogens is 264 g/mol. The lowest BCUT2D eigenvalue weighted by atomic mass is 10.00. The number of hydrogen-bond donors (Lipinski definition) is 1. The van der Waals surface area contributed by atoms with Crippen molar-refractivity contribution in [1.29, 1.82) is 0 Å². The lowest BCUT2D eigenvalue weighted by Gasteiger charge is -2.04. The molecule has 2 aromatic carbocycles. The van der Waals surface area contributed by atoms with Gasteiger partial charge in [-0.05, 0) is 42.7 Å². The van der Waals surface area contributed by atoms with Crippen LogP contribution in [0.3, 0.4) is 0 Å². The van der Waals surface area contributed by atoms with Crippen LogP contribution in [0, 0.1) is 0 Å². The van der Waals surface area contributed by atoms with Crippen LogP contribution in [0.1, 0.15) is 29.8 Å². The first-order valence-electron chi connectivity index (χ1n) is 6.60. The molecule has 3 nitrogen and oxygen atoms in total. The molecule has 0 amide bonds. The van der Waals surface area contributed by atoms with Crippen LogP contribution in [0.5, 0.6) is 0 Å². The number of Topliss-reactive ketones (excluding diaryl/α,β-unsaturated/α-hetero) is 1. The molecule has 0 atom stereocenters. The Morgan fingerprint density at radius 3 is 2.19 bits per heavy atom. The molecule has 0 aliphatic heterocycles. The van der Waals surface area contributed by atoms with Gasteiger partial charge in [-0.2, -0.15) is 0 Å². The summed E-state index contributed by atoms with van der Waals surface area (Å²) in [5.41, 5.74) is 3.76. The summed E-state index contributed by atoms with van der Waals surface area (Å²) in [4.78, 5) is 22.2. The molecule has 1 N–H and O–H groups in total. The van der Waals surface area contributed by atoms with Gasteiger partial charge in [-0.15, -0.1) is 0 Å². The number of rotatable bonds is 4. The van der Waals surface area contributed by atoms with E-state index in [0.717, 1.165) is 16.7 Å². The van der Waals surface area contributed by atoms with Crippen LogP contribution in [-0.2, 0) is 4.79 Å². The Kier molecular flexibility index (Phi) is 4.33. The number of aliphatic carboxylic acids is 1. The predicted octanol–water partition coefficient (Wildman–Crippen LogP) is 4.04. The van der Waals surface area contributed by atoms with E-state index in [9.17, 15) is 9.59 Å². The van der Waals surface area contributed by atoms with Gasteiger partial charge < -0.3 is 5.11 Å². The van der Waals surface area contributed by atoms with Gasteiger partial charge in [0.05, 0.1) is 0 Å². The van der Waals surface area contributed by atoms with Crippen molar-refractivity contribution in [3.05, 3.63) is 65.2 Å². The molecule has 0 bridgehead atoms. The lowest BCUT2D eigenvalue weighted by molar-refractivity contribution is -0.132. The summed E-state index contributed by atoms with van der Waals surface area (Å²) in [7, 11) is 0. The average molecular weight is 280 g/mol. The monoisotopic (exact) mass is 280 g/mol. The second-order valence-corrected chi connectivity index (χ2v) is 4.89.